The summed E-state index contributed by atoms with van der Waals surface area (Å²) >= 11 is 1.39. The van der Waals surface area contributed by atoms with Crippen molar-refractivity contribution in [3.8, 4) is 23.1 Å². The molecule has 9 nitrogen and oxygen atoms in total. The quantitative estimate of drug-likeness (QED) is 0.399. The predicted octanol–water partition coefficient (Wildman–Crippen LogP) is 3.88. The van der Waals surface area contributed by atoms with Crippen LogP contribution < -0.4 is 19.1 Å². The third-order valence-corrected chi connectivity index (χ3v) is 7.50. The van der Waals surface area contributed by atoms with Gasteiger partial charge in [-0.3, -0.25) is 4.90 Å². The number of hydrogen-bond acceptors (Lipinski definition) is 9. The van der Waals surface area contributed by atoms with Crippen LogP contribution in [0.4, 0.5) is 10.1 Å². The molecular weight excluding hydrogens is 485 g/mol. The van der Waals surface area contributed by atoms with Crippen molar-refractivity contribution < 1.29 is 23.7 Å². The molecule has 3 heterocycles. The predicted molar refractivity (Wildman–Crippen MR) is 135 cm³/mol. The lowest BCUT2D eigenvalue weighted by atomic mass is 10.0. The number of benzene rings is 2. The summed E-state index contributed by atoms with van der Waals surface area (Å²) in [6.45, 7) is 4.33. The van der Waals surface area contributed by atoms with E-state index in [1.807, 2.05) is 23.1 Å². The van der Waals surface area contributed by atoms with Gasteiger partial charge in [0.15, 0.2) is 11.5 Å². The first kappa shape index (κ1) is 24.1. The van der Waals surface area contributed by atoms with E-state index in [0.29, 0.717) is 64.8 Å². The maximum absolute atomic E-state index is 14.4. The van der Waals surface area contributed by atoms with Crippen LogP contribution in [0.25, 0.3) is 4.96 Å². The highest BCUT2D eigenvalue weighted by atomic mass is 32.1. The van der Waals surface area contributed by atoms with Gasteiger partial charge in [-0.1, -0.05) is 23.5 Å². The lowest BCUT2D eigenvalue weighted by Crippen LogP contribution is -2.48. The molecule has 1 fully saturated rings. The molecule has 2 aromatic carbocycles. The lowest BCUT2D eigenvalue weighted by Gasteiger charge is -2.40. The Bertz CT molecular complexity index is 1360. The Kier molecular flexibility index (Phi) is 6.59. The number of ether oxygens (including phenoxy) is 3. The van der Waals surface area contributed by atoms with Gasteiger partial charge in [-0.2, -0.15) is 4.52 Å². The van der Waals surface area contributed by atoms with E-state index in [1.165, 1.54) is 21.9 Å². The van der Waals surface area contributed by atoms with Gasteiger partial charge in [-0.25, -0.2) is 9.37 Å². The molecule has 0 spiro atoms. The first-order valence-electron chi connectivity index (χ1n) is 11.5. The second kappa shape index (κ2) is 9.82. The smallest absolute Gasteiger partial charge is 0.230 e. The fraction of sp³-hybridized carbons (Fsp3) is 0.360. The third-order valence-electron chi connectivity index (χ3n) is 6.43. The van der Waals surface area contributed by atoms with Crippen LogP contribution >= 0.6 is 11.3 Å². The summed E-state index contributed by atoms with van der Waals surface area (Å²) in [5.74, 6) is 1.95. The number of methoxy groups -OCH3 is 3. The number of nitrogens with zero attached hydrogens (tertiary/aromatic N) is 5. The van der Waals surface area contributed by atoms with Crippen LogP contribution in [0.3, 0.4) is 0 Å². The molecular formula is C25H28FN5O4S. The number of hydrogen-bond donors (Lipinski definition) is 1. The molecule has 1 aliphatic heterocycles. The minimum Gasteiger partial charge on any atom is -0.493 e. The molecule has 0 amide bonds. The van der Waals surface area contributed by atoms with Crippen LogP contribution in [0.2, 0.25) is 0 Å². The van der Waals surface area contributed by atoms with E-state index in [2.05, 4.69) is 15.0 Å². The van der Waals surface area contributed by atoms with Crippen molar-refractivity contribution in [1.82, 2.24) is 19.5 Å². The van der Waals surface area contributed by atoms with Crippen molar-refractivity contribution in [2.24, 2.45) is 0 Å². The molecule has 1 saturated heterocycles. The summed E-state index contributed by atoms with van der Waals surface area (Å²) in [5, 5.41) is 15.5. The van der Waals surface area contributed by atoms with Crippen LogP contribution in [-0.4, -0.2) is 72.1 Å². The highest BCUT2D eigenvalue weighted by Gasteiger charge is 2.33. The molecule has 36 heavy (non-hydrogen) atoms. The highest BCUT2D eigenvalue weighted by Crippen LogP contribution is 2.46. The first-order chi connectivity index (χ1) is 17.4. The number of thiazole rings is 1. The number of piperazine rings is 1. The lowest BCUT2D eigenvalue weighted by molar-refractivity contribution is 0.209. The highest BCUT2D eigenvalue weighted by molar-refractivity contribution is 7.17. The molecule has 1 atom stereocenters. The topological polar surface area (TPSA) is 84.6 Å². The molecule has 0 aliphatic carbocycles. The van der Waals surface area contributed by atoms with Gasteiger partial charge in [0.05, 0.1) is 37.9 Å². The zero-order chi connectivity index (χ0) is 25.4. The molecule has 11 heteroatoms. The number of anilines is 1. The van der Waals surface area contributed by atoms with Crippen molar-refractivity contribution in [3.63, 3.8) is 0 Å². The van der Waals surface area contributed by atoms with Gasteiger partial charge in [0.1, 0.15) is 11.6 Å². The van der Waals surface area contributed by atoms with Crippen molar-refractivity contribution in [2.75, 3.05) is 52.4 Å². The van der Waals surface area contributed by atoms with Gasteiger partial charge in [0, 0.05) is 26.2 Å². The number of aryl methyl sites for hydroxylation is 1. The SMILES string of the molecule is COc1cc([C@H](c2sc3nc(C)nn3c2O)N2CCN(c3ccccc3F)CC2)cc(OC)c1OC. The fourth-order valence-corrected chi connectivity index (χ4v) is 5.91. The number of halogens is 1. The summed E-state index contributed by atoms with van der Waals surface area (Å²) in [4.78, 5) is 10.1. The Morgan fingerprint density at radius 1 is 1.00 bits per heavy atom. The number of aromatic hydroxyl groups is 1. The number of rotatable bonds is 7. The van der Waals surface area contributed by atoms with E-state index < -0.39 is 0 Å². The standard InChI is InChI=1S/C25H28FN5O4S/c1-15-27-25-31(28-15)24(32)23(36-25)21(16-13-19(33-2)22(35-4)20(14-16)34-3)30-11-9-29(10-12-30)18-8-6-5-7-17(18)26/h5-8,13-14,21,32H,9-12H2,1-4H3/t21-/m1/s1. The van der Waals surface area contributed by atoms with Crippen LogP contribution in [-0.2, 0) is 0 Å². The Morgan fingerprint density at radius 3 is 2.25 bits per heavy atom. The van der Waals surface area contributed by atoms with Crippen molar-refractivity contribution in [1.29, 1.82) is 0 Å². The molecule has 0 saturated carbocycles. The molecule has 190 valence electrons. The maximum Gasteiger partial charge on any atom is 0.230 e. The summed E-state index contributed by atoms with van der Waals surface area (Å²) in [6, 6.07) is 10.3. The van der Waals surface area contributed by atoms with Crippen LogP contribution in [0, 0.1) is 12.7 Å². The van der Waals surface area contributed by atoms with Crippen LogP contribution in [0.1, 0.15) is 22.3 Å². The van der Waals surface area contributed by atoms with Gasteiger partial charge in [-0.15, -0.1) is 5.10 Å². The van der Waals surface area contributed by atoms with E-state index >= 15 is 0 Å². The maximum atomic E-state index is 14.4. The summed E-state index contributed by atoms with van der Waals surface area (Å²) in [7, 11) is 4.72. The molecule has 0 unspecified atom stereocenters. The van der Waals surface area contributed by atoms with E-state index in [0.717, 1.165) is 5.56 Å². The van der Waals surface area contributed by atoms with Crippen molar-refractivity contribution in [3.05, 3.63) is 58.5 Å². The molecule has 1 N–H and O–H groups in total. The van der Waals surface area contributed by atoms with E-state index in [1.54, 1.807) is 40.4 Å². The Hall–Kier alpha value is -3.57. The van der Waals surface area contributed by atoms with Gasteiger partial charge < -0.3 is 24.2 Å². The van der Waals surface area contributed by atoms with E-state index in [-0.39, 0.29) is 17.7 Å². The third kappa shape index (κ3) is 4.18. The Morgan fingerprint density at radius 2 is 1.67 bits per heavy atom. The van der Waals surface area contributed by atoms with Gasteiger partial charge in [0.2, 0.25) is 16.6 Å². The fourth-order valence-electron chi connectivity index (χ4n) is 4.74. The molecule has 1 aliphatic rings. The summed E-state index contributed by atoms with van der Waals surface area (Å²) < 4.78 is 32.6. The molecule has 0 bridgehead atoms. The monoisotopic (exact) mass is 513 g/mol. The van der Waals surface area contributed by atoms with Crippen molar-refractivity contribution in [2.45, 2.75) is 13.0 Å². The zero-order valence-electron chi connectivity index (χ0n) is 20.6. The normalized spacial score (nSPS) is 15.3. The van der Waals surface area contributed by atoms with Gasteiger partial charge in [-0.05, 0) is 36.8 Å². The average Bonchev–Trinajstić information content (AvgIpc) is 3.40. The van der Waals surface area contributed by atoms with Crippen LogP contribution in [0.5, 0.6) is 23.1 Å². The minimum absolute atomic E-state index is 0.0471. The Labute approximate surface area is 212 Å². The molecule has 5 rings (SSSR count). The summed E-state index contributed by atoms with van der Waals surface area (Å²) in [5.41, 5.74) is 1.46. The average molecular weight is 514 g/mol. The molecule has 0 radical (unpaired) electrons. The molecule has 2 aromatic heterocycles. The largest absolute Gasteiger partial charge is 0.493 e. The van der Waals surface area contributed by atoms with Gasteiger partial charge in [0.25, 0.3) is 0 Å². The second-order valence-electron chi connectivity index (χ2n) is 8.48. The zero-order valence-corrected chi connectivity index (χ0v) is 21.4. The first-order valence-corrected chi connectivity index (χ1v) is 12.3. The summed E-state index contributed by atoms with van der Waals surface area (Å²) in [6.07, 6.45) is 0. The van der Waals surface area contributed by atoms with Crippen molar-refractivity contribution >= 4 is 22.0 Å². The number of fused-ring (bicyclic) bond motifs is 1. The number of aromatic nitrogens is 3. The van der Waals surface area contributed by atoms with Gasteiger partial charge >= 0.3 is 0 Å². The molecule has 4 aromatic rings. The van der Waals surface area contributed by atoms with Crippen LogP contribution in [0.15, 0.2) is 36.4 Å². The second-order valence-corrected chi connectivity index (χ2v) is 9.49. The van der Waals surface area contributed by atoms with E-state index in [4.69, 9.17) is 14.2 Å². The van der Waals surface area contributed by atoms with E-state index in [9.17, 15) is 9.50 Å². The number of para-hydroxylation sites is 1. The Balaban J connectivity index is 1.56. The minimum atomic E-state index is -0.338.